The van der Waals surface area contributed by atoms with E-state index in [2.05, 4.69) is 5.32 Å². The van der Waals surface area contributed by atoms with Crippen molar-refractivity contribution in [2.24, 2.45) is 0 Å². The molecule has 1 N–H and O–H groups in total. The van der Waals surface area contributed by atoms with E-state index in [0.29, 0.717) is 24.5 Å². The highest BCUT2D eigenvalue weighted by atomic mass is 16.7. The largest absolute Gasteiger partial charge is 0.352 e. The van der Waals surface area contributed by atoms with E-state index in [1.165, 1.54) is 0 Å². The molecule has 1 aromatic rings. The molecule has 0 unspecified atom stereocenters. The molecular formula is C13H15NO4. The molecule has 5 heteroatoms. The summed E-state index contributed by atoms with van der Waals surface area (Å²) in [6, 6.07) is 6.74. The van der Waals surface area contributed by atoms with Gasteiger partial charge < -0.3 is 14.8 Å². The normalized spacial score (nSPS) is 16.2. The topological polar surface area (TPSA) is 64.6 Å². The second-order valence-electron chi connectivity index (χ2n) is 4.02. The maximum absolute atomic E-state index is 11.7. The highest BCUT2D eigenvalue weighted by molar-refractivity contribution is 5.92. The second-order valence-corrected chi connectivity index (χ2v) is 4.02. The standard InChI is InChI=1S/C13H15NO4/c15-9-10-3-1-4-11(7-10)14-12(16)8-13-17-5-2-6-18-13/h1,3-4,7,9,13H,2,5-6,8H2,(H,14,16). The molecule has 1 aliphatic rings. The SMILES string of the molecule is O=Cc1cccc(NC(=O)CC2OCCCO2)c1. The van der Waals surface area contributed by atoms with Crippen LogP contribution in [-0.4, -0.2) is 31.7 Å². The quantitative estimate of drug-likeness (QED) is 0.823. The number of rotatable bonds is 4. The number of carbonyl (C=O) groups is 2. The smallest absolute Gasteiger partial charge is 0.229 e. The fraction of sp³-hybridized carbons (Fsp3) is 0.385. The molecule has 18 heavy (non-hydrogen) atoms. The lowest BCUT2D eigenvalue weighted by Gasteiger charge is -2.22. The zero-order chi connectivity index (χ0) is 12.8. The minimum Gasteiger partial charge on any atom is -0.352 e. The molecule has 0 spiro atoms. The predicted molar refractivity (Wildman–Crippen MR) is 65.4 cm³/mol. The van der Waals surface area contributed by atoms with Crippen molar-refractivity contribution in [2.75, 3.05) is 18.5 Å². The molecule has 0 aliphatic carbocycles. The summed E-state index contributed by atoms with van der Waals surface area (Å²) >= 11 is 0. The average Bonchev–Trinajstić information content (AvgIpc) is 2.40. The molecule has 0 radical (unpaired) electrons. The third kappa shape index (κ3) is 3.65. The van der Waals surface area contributed by atoms with Gasteiger partial charge in [-0.3, -0.25) is 9.59 Å². The molecule has 2 rings (SSSR count). The molecule has 1 saturated heterocycles. The van der Waals surface area contributed by atoms with Crippen molar-refractivity contribution in [3.8, 4) is 0 Å². The monoisotopic (exact) mass is 249 g/mol. The lowest BCUT2D eigenvalue weighted by atomic mass is 10.2. The number of hydrogen-bond donors (Lipinski definition) is 1. The van der Waals surface area contributed by atoms with E-state index in [9.17, 15) is 9.59 Å². The maximum Gasteiger partial charge on any atom is 0.229 e. The summed E-state index contributed by atoms with van der Waals surface area (Å²) in [5, 5.41) is 2.71. The van der Waals surface area contributed by atoms with Crippen molar-refractivity contribution in [3.63, 3.8) is 0 Å². The first kappa shape index (κ1) is 12.7. The Morgan fingerprint density at radius 3 is 2.89 bits per heavy atom. The van der Waals surface area contributed by atoms with Gasteiger partial charge in [0.15, 0.2) is 6.29 Å². The fourth-order valence-electron chi connectivity index (χ4n) is 1.71. The summed E-state index contributed by atoms with van der Waals surface area (Å²) in [5.74, 6) is -0.190. The van der Waals surface area contributed by atoms with Crippen LogP contribution in [0.5, 0.6) is 0 Å². The van der Waals surface area contributed by atoms with Gasteiger partial charge in [0.2, 0.25) is 5.91 Å². The molecule has 1 aliphatic heterocycles. The van der Waals surface area contributed by atoms with Gasteiger partial charge >= 0.3 is 0 Å². The Kier molecular flexibility index (Phi) is 4.44. The number of ether oxygens (including phenoxy) is 2. The average molecular weight is 249 g/mol. The van der Waals surface area contributed by atoms with E-state index >= 15 is 0 Å². The third-order valence-electron chi connectivity index (χ3n) is 2.55. The molecule has 0 aromatic heterocycles. The van der Waals surface area contributed by atoms with Crippen LogP contribution in [0.3, 0.4) is 0 Å². The summed E-state index contributed by atoms with van der Waals surface area (Å²) < 4.78 is 10.6. The first-order valence-electron chi connectivity index (χ1n) is 5.86. The Morgan fingerprint density at radius 1 is 1.39 bits per heavy atom. The number of carbonyl (C=O) groups excluding carboxylic acids is 2. The van der Waals surface area contributed by atoms with Gasteiger partial charge in [-0.1, -0.05) is 12.1 Å². The van der Waals surface area contributed by atoms with Gasteiger partial charge in [-0.15, -0.1) is 0 Å². The fourth-order valence-corrected chi connectivity index (χ4v) is 1.71. The zero-order valence-corrected chi connectivity index (χ0v) is 9.93. The van der Waals surface area contributed by atoms with E-state index in [0.717, 1.165) is 12.7 Å². The van der Waals surface area contributed by atoms with Crippen molar-refractivity contribution in [2.45, 2.75) is 19.1 Å². The number of anilines is 1. The van der Waals surface area contributed by atoms with Crippen LogP contribution < -0.4 is 5.32 Å². The number of benzene rings is 1. The Bertz CT molecular complexity index is 427. The van der Waals surface area contributed by atoms with Gasteiger partial charge in [0.05, 0.1) is 19.6 Å². The number of aldehydes is 1. The van der Waals surface area contributed by atoms with E-state index < -0.39 is 6.29 Å². The van der Waals surface area contributed by atoms with Crippen LogP contribution in [0.2, 0.25) is 0 Å². The summed E-state index contributed by atoms with van der Waals surface area (Å²) in [7, 11) is 0. The van der Waals surface area contributed by atoms with E-state index in [-0.39, 0.29) is 12.3 Å². The Labute approximate surface area is 105 Å². The third-order valence-corrected chi connectivity index (χ3v) is 2.55. The summed E-state index contributed by atoms with van der Waals surface area (Å²) in [6.45, 7) is 1.25. The molecule has 1 aromatic carbocycles. The van der Waals surface area contributed by atoms with Gasteiger partial charge in [-0.2, -0.15) is 0 Å². The Hall–Kier alpha value is -1.72. The van der Waals surface area contributed by atoms with E-state index in [1.807, 2.05) is 0 Å². The van der Waals surface area contributed by atoms with Crippen LogP contribution in [0.4, 0.5) is 5.69 Å². The summed E-state index contributed by atoms with van der Waals surface area (Å²) in [6.07, 6.45) is 1.29. The van der Waals surface area contributed by atoms with Crippen LogP contribution >= 0.6 is 0 Å². The first-order valence-corrected chi connectivity index (χ1v) is 5.86. The van der Waals surface area contributed by atoms with E-state index in [4.69, 9.17) is 9.47 Å². The number of hydrogen-bond acceptors (Lipinski definition) is 4. The first-order chi connectivity index (χ1) is 8.78. The van der Waals surface area contributed by atoms with Gasteiger partial charge in [0.25, 0.3) is 0 Å². The molecule has 96 valence electrons. The van der Waals surface area contributed by atoms with Crippen LogP contribution in [0.1, 0.15) is 23.2 Å². The molecule has 1 heterocycles. The minimum absolute atomic E-state index is 0.158. The summed E-state index contributed by atoms with van der Waals surface area (Å²) in [5.41, 5.74) is 1.12. The highest BCUT2D eigenvalue weighted by Gasteiger charge is 2.18. The van der Waals surface area contributed by atoms with E-state index in [1.54, 1.807) is 24.3 Å². The highest BCUT2D eigenvalue weighted by Crippen LogP contribution is 2.12. The predicted octanol–water partition coefficient (Wildman–Crippen LogP) is 1.59. The lowest BCUT2D eigenvalue weighted by Crippen LogP contribution is -2.29. The summed E-state index contributed by atoms with van der Waals surface area (Å²) in [4.78, 5) is 22.3. The molecule has 1 fully saturated rings. The van der Waals surface area contributed by atoms with Gasteiger partial charge in [0.1, 0.15) is 6.29 Å². The van der Waals surface area contributed by atoms with Gasteiger partial charge in [-0.25, -0.2) is 0 Å². The molecule has 0 atom stereocenters. The molecule has 0 bridgehead atoms. The number of nitrogens with one attached hydrogen (secondary N) is 1. The van der Waals surface area contributed by atoms with Crippen LogP contribution in [-0.2, 0) is 14.3 Å². The van der Waals surface area contributed by atoms with Gasteiger partial charge in [0, 0.05) is 11.3 Å². The lowest BCUT2D eigenvalue weighted by molar-refractivity contribution is -0.182. The Morgan fingerprint density at radius 2 is 2.17 bits per heavy atom. The second kappa shape index (κ2) is 6.28. The molecular weight excluding hydrogens is 234 g/mol. The van der Waals surface area contributed by atoms with Crippen molar-refractivity contribution in [1.82, 2.24) is 0 Å². The van der Waals surface area contributed by atoms with Gasteiger partial charge in [-0.05, 0) is 18.6 Å². The van der Waals surface area contributed by atoms with Crippen molar-refractivity contribution < 1.29 is 19.1 Å². The van der Waals surface area contributed by atoms with Crippen LogP contribution in [0.15, 0.2) is 24.3 Å². The minimum atomic E-state index is -0.465. The van der Waals surface area contributed by atoms with Crippen molar-refractivity contribution in [1.29, 1.82) is 0 Å². The van der Waals surface area contributed by atoms with Crippen LogP contribution in [0, 0.1) is 0 Å². The number of amides is 1. The molecule has 1 amide bonds. The van der Waals surface area contributed by atoms with Crippen LogP contribution in [0.25, 0.3) is 0 Å². The Balaban J connectivity index is 1.87. The van der Waals surface area contributed by atoms with Crippen molar-refractivity contribution >= 4 is 17.9 Å². The van der Waals surface area contributed by atoms with Crippen molar-refractivity contribution in [3.05, 3.63) is 29.8 Å². The molecule has 5 nitrogen and oxygen atoms in total. The molecule has 0 saturated carbocycles. The zero-order valence-electron chi connectivity index (χ0n) is 9.93. The maximum atomic E-state index is 11.7.